The number of carbonyl (C=O) groups is 1. The predicted molar refractivity (Wildman–Crippen MR) is 108 cm³/mol. The molecule has 0 radical (unpaired) electrons. The molecule has 1 atom stereocenters. The van der Waals surface area contributed by atoms with Crippen molar-refractivity contribution in [2.45, 2.75) is 38.8 Å². The number of hydrogen-bond donors (Lipinski definition) is 0. The Kier molecular flexibility index (Phi) is 6.13. The zero-order chi connectivity index (χ0) is 19.3. The van der Waals surface area contributed by atoms with Gasteiger partial charge in [0.25, 0.3) is 0 Å². The normalized spacial score (nSPS) is 21.1. The van der Waals surface area contributed by atoms with E-state index >= 15 is 0 Å². The first-order valence-electron chi connectivity index (χ1n) is 10.4. The highest BCUT2D eigenvalue weighted by Gasteiger charge is 2.25. The average molecular weight is 383 g/mol. The predicted octanol–water partition coefficient (Wildman–Crippen LogP) is 3.78. The third kappa shape index (κ3) is 4.65. The molecule has 2 aromatic carbocycles. The van der Waals surface area contributed by atoms with E-state index in [2.05, 4.69) is 41.3 Å². The van der Waals surface area contributed by atoms with Crippen molar-refractivity contribution < 1.29 is 19.0 Å². The van der Waals surface area contributed by atoms with Crippen molar-refractivity contribution in [2.75, 3.05) is 32.9 Å². The van der Waals surface area contributed by atoms with Gasteiger partial charge in [-0.25, -0.2) is 0 Å². The molecule has 4 rings (SSSR count). The second kappa shape index (κ2) is 8.93. The molecule has 2 aliphatic rings. The Hall–Kier alpha value is -2.11. The number of ether oxygens (including phenoxy) is 3. The number of esters is 1. The molecule has 0 saturated carbocycles. The molecule has 2 fully saturated rings. The Bertz CT molecular complexity index is 807. The van der Waals surface area contributed by atoms with Crippen LogP contribution in [0.25, 0.3) is 10.8 Å². The lowest BCUT2D eigenvalue weighted by Gasteiger charge is -2.30. The molecule has 0 aromatic heterocycles. The van der Waals surface area contributed by atoms with Crippen LogP contribution in [0.1, 0.15) is 31.7 Å². The highest BCUT2D eigenvalue weighted by molar-refractivity contribution is 5.84. The van der Waals surface area contributed by atoms with Crippen LogP contribution in [-0.4, -0.2) is 49.9 Å². The van der Waals surface area contributed by atoms with Crippen molar-refractivity contribution in [1.29, 1.82) is 0 Å². The zero-order valence-corrected chi connectivity index (χ0v) is 16.6. The summed E-state index contributed by atoms with van der Waals surface area (Å²) in [4.78, 5) is 14.3. The minimum absolute atomic E-state index is 0.0324. The van der Waals surface area contributed by atoms with E-state index in [1.54, 1.807) is 0 Å². The van der Waals surface area contributed by atoms with Crippen LogP contribution in [-0.2, 0) is 20.8 Å². The van der Waals surface area contributed by atoms with Crippen LogP contribution in [0.3, 0.4) is 0 Å². The number of carbonyl (C=O) groups excluding carboxylic acids is 1. The second-order valence-electron chi connectivity index (χ2n) is 7.75. The highest BCUT2D eigenvalue weighted by Crippen LogP contribution is 2.26. The van der Waals surface area contributed by atoms with Gasteiger partial charge in [0.2, 0.25) is 0 Å². The van der Waals surface area contributed by atoms with Gasteiger partial charge in [-0.15, -0.1) is 0 Å². The Morgan fingerprint density at radius 1 is 1.11 bits per heavy atom. The second-order valence-corrected chi connectivity index (χ2v) is 7.75. The third-order valence-corrected chi connectivity index (χ3v) is 5.68. The van der Waals surface area contributed by atoms with E-state index in [1.165, 1.54) is 16.3 Å². The maximum Gasteiger partial charge on any atom is 0.309 e. The lowest BCUT2D eigenvalue weighted by Crippen LogP contribution is -2.36. The maximum absolute atomic E-state index is 11.9. The summed E-state index contributed by atoms with van der Waals surface area (Å²) in [6.45, 7) is 6.61. The third-order valence-electron chi connectivity index (χ3n) is 5.68. The van der Waals surface area contributed by atoms with E-state index in [-0.39, 0.29) is 18.0 Å². The largest absolute Gasteiger partial charge is 0.488 e. The standard InChI is InChI=1S/C23H29NO4/c1-2-27-23(25)18-7-10-24(11-8-18)15-17-3-4-20-14-21(6-5-19(20)13-17)28-22-9-12-26-16-22/h3-6,13-14,18,22H,2,7-12,15-16H2,1H3/t22-/m1/s1. The van der Waals surface area contributed by atoms with Crippen LogP contribution in [0.5, 0.6) is 5.75 Å². The van der Waals surface area contributed by atoms with Gasteiger partial charge in [-0.2, -0.15) is 0 Å². The summed E-state index contributed by atoms with van der Waals surface area (Å²) in [6, 6.07) is 12.9. The molecule has 2 aliphatic heterocycles. The fourth-order valence-corrected chi connectivity index (χ4v) is 4.09. The fraction of sp³-hybridized carbons (Fsp3) is 0.522. The summed E-state index contributed by atoms with van der Waals surface area (Å²) in [5.41, 5.74) is 1.31. The van der Waals surface area contributed by atoms with Crippen LogP contribution < -0.4 is 4.74 Å². The van der Waals surface area contributed by atoms with Crippen LogP contribution in [0.2, 0.25) is 0 Å². The molecule has 0 bridgehead atoms. The van der Waals surface area contributed by atoms with E-state index in [0.717, 1.165) is 51.3 Å². The van der Waals surface area contributed by atoms with Gasteiger partial charge in [0.15, 0.2) is 0 Å². The maximum atomic E-state index is 11.9. The molecule has 150 valence electrons. The van der Waals surface area contributed by atoms with Crippen molar-refractivity contribution in [3.63, 3.8) is 0 Å². The van der Waals surface area contributed by atoms with Crippen molar-refractivity contribution in [1.82, 2.24) is 4.90 Å². The molecule has 28 heavy (non-hydrogen) atoms. The summed E-state index contributed by atoms with van der Waals surface area (Å²) >= 11 is 0. The summed E-state index contributed by atoms with van der Waals surface area (Å²) in [5.74, 6) is 0.948. The molecule has 0 amide bonds. The van der Waals surface area contributed by atoms with Gasteiger partial charge >= 0.3 is 5.97 Å². The Morgan fingerprint density at radius 3 is 2.64 bits per heavy atom. The highest BCUT2D eigenvalue weighted by atomic mass is 16.5. The van der Waals surface area contributed by atoms with Gasteiger partial charge in [-0.05, 0) is 67.4 Å². The molecule has 0 spiro atoms. The summed E-state index contributed by atoms with van der Waals surface area (Å²) in [5, 5.41) is 2.43. The molecule has 2 saturated heterocycles. The first-order valence-corrected chi connectivity index (χ1v) is 10.4. The van der Waals surface area contributed by atoms with Gasteiger partial charge < -0.3 is 14.2 Å². The van der Waals surface area contributed by atoms with E-state index < -0.39 is 0 Å². The van der Waals surface area contributed by atoms with Crippen LogP contribution in [0.4, 0.5) is 0 Å². The number of likely N-dealkylation sites (tertiary alicyclic amines) is 1. The number of nitrogens with zero attached hydrogens (tertiary/aromatic N) is 1. The number of piperidine rings is 1. The van der Waals surface area contributed by atoms with Crippen LogP contribution in [0, 0.1) is 5.92 Å². The SMILES string of the molecule is CCOC(=O)C1CCN(Cc2ccc3cc(O[C@@H]4CCOC4)ccc3c2)CC1. The van der Waals surface area contributed by atoms with Crippen LogP contribution >= 0.6 is 0 Å². The molecule has 2 heterocycles. The van der Waals surface area contributed by atoms with Gasteiger partial charge in [0, 0.05) is 13.0 Å². The van der Waals surface area contributed by atoms with Gasteiger partial charge in [0.1, 0.15) is 11.9 Å². The molecule has 0 unspecified atom stereocenters. The van der Waals surface area contributed by atoms with E-state index in [1.807, 2.05) is 6.92 Å². The number of benzene rings is 2. The number of fused-ring (bicyclic) bond motifs is 1. The number of rotatable bonds is 6. The van der Waals surface area contributed by atoms with Crippen molar-refractivity contribution in [3.05, 3.63) is 42.0 Å². The monoisotopic (exact) mass is 383 g/mol. The lowest BCUT2D eigenvalue weighted by molar-refractivity contribution is -0.149. The summed E-state index contributed by atoms with van der Waals surface area (Å²) < 4.78 is 16.6. The van der Waals surface area contributed by atoms with Crippen LogP contribution in [0.15, 0.2) is 36.4 Å². The molecule has 0 N–H and O–H groups in total. The molecule has 5 nitrogen and oxygen atoms in total. The minimum Gasteiger partial charge on any atom is -0.488 e. The van der Waals surface area contributed by atoms with E-state index in [0.29, 0.717) is 13.2 Å². The zero-order valence-electron chi connectivity index (χ0n) is 16.6. The van der Waals surface area contributed by atoms with Gasteiger partial charge in [-0.3, -0.25) is 9.69 Å². The molecular formula is C23H29NO4. The Morgan fingerprint density at radius 2 is 1.89 bits per heavy atom. The van der Waals surface area contributed by atoms with Crippen molar-refractivity contribution in [2.24, 2.45) is 5.92 Å². The smallest absolute Gasteiger partial charge is 0.309 e. The lowest BCUT2D eigenvalue weighted by atomic mass is 9.96. The molecular weight excluding hydrogens is 354 g/mol. The quantitative estimate of drug-likeness (QED) is 0.711. The first-order chi connectivity index (χ1) is 13.7. The van der Waals surface area contributed by atoms with Gasteiger partial charge in [0.05, 0.1) is 25.7 Å². The Balaban J connectivity index is 1.35. The van der Waals surface area contributed by atoms with Gasteiger partial charge in [-0.1, -0.05) is 18.2 Å². The average Bonchev–Trinajstić information content (AvgIpc) is 3.22. The molecule has 5 heteroatoms. The summed E-state index contributed by atoms with van der Waals surface area (Å²) in [6.07, 6.45) is 2.91. The minimum atomic E-state index is -0.0324. The molecule has 0 aliphatic carbocycles. The van der Waals surface area contributed by atoms with E-state index in [4.69, 9.17) is 14.2 Å². The van der Waals surface area contributed by atoms with Crippen molar-refractivity contribution >= 4 is 16.7 Å². The Labute approximate surface area is 166 Å². The topological polar surface area (TPSA) is 48.0 Å². The first kappa shape index (κ1) is 19.2. The summed E-state index contributed by atoms with van der Waals surface area (Å²) in [7, 11) is 0. The van der Waals surface area contributed by atoms with Crippen molar-refractivity contribution in [3.8, 4) is 5.75 Å². The molecule has 2 aromatic rings. The van der Waals surface area contributed by atoms with E-state index in [9.17, 15) is 4.79 Å². The fourth-order valence-electron chi connectivity index (χ4n) is 4.09. The number of hydrogen-bond acceptors (Lipinski definition) is 5.